The van der Waals surface area contributed by atoms with Crippen LogP contribution in [0.15, 0.2) is 105 Å². The Morgan fingerprint density at radius 1 is 0.769 bits per heavy atom. The number of aromatic amines is 3. The van der Waals surface area contributed by atoms with Crippen molar-refractivity contribution in [3.8, 4) is 0 Å². The van der Waals surface area contributed by atoms with Gasteiger partial charge in [-0.05, 0) is 48.9 Å². The highest BCUT2D eigenvalue weighted by molar-refractivity contribution is 14.0. The number of benzene rings is 1. The van der Waals surface area contributed by atoms with Crippen molar-refractivity contribution >= 4 is 105 Å². The lowest BCUT2D eigenvalue weighted by atomic mass is 10.1. The van der Waals surface area contributed by atoms with Crippen LogP contribution in [0.25, 0.3) is 0 Å². The number of carboxylic acids is 1. The largest absolute Gasteiger partial charge is 0.480 e. The number of aliphatic hydroxyl groups is 1. The van der Waals surface area contributed by atoms with Crippen molar-refractivity contribution in [1.82, 2.24) is 40.5 Å². The van der Waals surface area contributed by atoms with E-state index in [0.717, 1.165) is 42.3 Å². The molecule has 0 aliphatic rings. The number of methoxy groups -OCH3 is 2. The Balaban J connectivity index is -0.000000132. The van der Waals surface area contributed by atoms with Crippen LogP contribution in [0.1, 0.15) is 31.5 Å². The van der Waals surface area contributed by atoms with Gasteiger partial charge in [0.1, 0.15) is 18.1 Å². The minimum absolute atomic E-state index is 0. The highest BCUT2D eigenvalue weighted by atomic mass is 127. The molecule has 3 heterocycles. The molecule has 368 valence electrons. The molecule has 27 heteroatoms. The summed E-state index contributed by atoms with van der Waals surface area (Å²) in [6.07, 6.45) is 13.3. The van der Waals surface area contributed by atoms with E-state index in [1.807, 2.05) is 6.92 Å². The van der Waals surface area contributed by atoms with Gasteiger partial charge in [0.2, 0.25) is 17.1 Å². The zero-order valence-electron chi connectivity index (χ0n) is 34.8. The van der Waals surface area contributed by atoms with Crippen LogP contribution in [0.2, 0.25) is 0 Å². The average Bonchev–Trinajstić information content (AvgIpc) is 4.07. The standard InChI is InChI=1S/C10H13N3O3.C9H11N3O3.C7H11N3O2.C7H8O3S.C3H3ClO.CH4O.CH4.2ClH.HI.H2/c1-3-9(14)13-8(10(15)16-2)4-7-5-11-6-12-7;1-2-8(13)12-7(9(14)15)3-6-4-10-5-11-6;1-12-7(11)6(8)2-5-3-9-4-10-5;1-6-2-4-7(5-3-6)11(8,9)10;1-2-3(4)5;1-2;;;;;/h3,5-6,8H,1,4H2,2H3,(H,11,12)(H,13,14);2,4-5,7H,1,3H2,(H,10,11)(H,12,13)(H,14,15);3-4,6H,2,8H2,1H3,(H,9,10);2-5H,1H3,(H,8,9,10);2H,1H2;2H,1H3;1H4;4*1H/t8-;7-;6-;;;;;;;;/m000......../s1. The molecular formula is C38H59Cl3IN9O13S. The summed E-state index contributed by atoms with van der Waals surface area (Å²) in [5.41, 5.74) is 8.66. The predicted octanol–water partition coefficient (Wildman–Crippen LogP) is 3.09. The Hall–Kier alpha value is -5.48. The Kier molecular flexibility index (Phi) is 45.1. The first-order chi connectivity index (χ1) is 28.8. The molecule has 65 heavy (non-hydrogen) atoms. The molecule has 10 N–H and O–H groups in total. The normalized spacial score (nSPS) is 10.4. The first-order valence-corrected chi connectivity index (χ1v) is 18.9. The Labute approximate surface area is 412 Å². The van der Waals surface area contributed by atoms with Crippen molar-refractivity contribution in [2.45, 2.75) is 56.6 Å². The number of imidazole rings is 3. The van der Waals surface area contributed by atoms with Gasteiger partial charge in [-0.1, -0.05) is 44.9 Å². The molecule has 0 radical (unpaired) electrons. The van der Waals surface area contributed by atoms with Crippen molar-refractivity contribution in [2.24, 2.45) is 5.73 Å². The van der Waals surface area contributed by atoms with Crippen LogP contribution in [0, 0.1) is 6.92 Å². The number of allylic oxidation sites excluding steroid dienone is 1. The molecule has 0 aliphatic carbocycles. The Morgan fingerprint density at radius 2 is 1.12 bits per heavy atom. The topological polar surface area (TPSA) is 352 Å². The van der Waals surface area contributed by atoms with E-state index in [1.54, 1.807) is 30.9 Å². The Bertz CT molecular complexity index is 2050. The number of amides is 2. The van der Waals surface area contributed by atoms with Crippen molar-refractivity contribution in [1.29, 1.82) is 0 Å². The molecule has 0 unspecified atom stereocenters. The van der Waals surface area contributed by atoms with Crippen LogP contribution in [0.5, 0.6) is 0 Å². The number of esters is 2. The number of halogens is 4. The van der Waals surface area contributed by atoms with E-state index in [-0.39, 0.29) is 69.0 Å². The third-order valence-electron chi connectivity index (χ3n) is 6.72. The summed E-state index contributed by atoms with van der Waals surface area (Å²) >= 11 is 4.71. The molecule has 0 fully saturated rings. The quantitative estimate of drug-likeness (QED) is 0.0271. The molecule has 0 aliphatic heterocycles. The van der Waals surface area contributed by atoms with E-state index in [1.165, 1.54) is 45.2 Å². The van der Waals surface area contributed by atoms with E-state index in [2.05, 4.69) is 69.7 Å². The maximum atomic E-state index is 11.4. The number of ether oxygens (including phenoxy) is 2. The maximum absolute atomic E-state index is 11.4. The number of aryl methyl sites for hydroxylation is 1. The molecule has 3 atom stereocenters. The number of carbonyl (C=O) groups excluding carboxylic acids is 5. The second kappa shape index (κ2) is 41.2. The summed E-state index contributed by atoms with van der Waals surface area (Å²) in [4.78, 5) is 84.3. The average molecular weight is 1120 g/mol. The number of nitrogens with two attached hydrogens (primary N) is 1. The number of hydrogen-bond donors (Lipinski definition) is 9. The Morgan fingerprint density at radius 3 is 1.42 bits per heavy atom. The minimum atomic E-state index is -4.02. The lowest BCUT2D eigenvalue weighted by molar-refractivity contribution is -0.144. The minimum Gasteiger partial charge on any atom is -0.480 e. The number of rotatable bonds is 15. The lowest BCUT2D eigenvalue weighted by Crippen LogP contribution is -2.42. The fourth-order valence-electron chi connectivity index (χ4n) is 3.81. The monoisotopic (exact) mass is 1110 g/mol. The molecular weight excluding hydrogens is 1060 g/mol. The summed E-state index contributed by atoms with van der Waals surface area (Å²) in [6.45, 7) is 11.5. The third kappa shape index (κ3) is 34.6. The van der Waals surface area contributed by atoms with E-state index >= 15 is 0 Å². The zero-order valence-corrected chi connectivity index (χ0v) is 40.4. The number of carboxylic acid groups (broad SMARTS) is 1. The van der Waals surface area contributed by atoms with Crippen molar-refractivity contribution in [3.63, 3.8) is 0 Å². The number of H-pyrrole nitrogens is 3. The van der Waals surface area contributed by atoms with Crippen LogP contribution in [0.3, 0.4) is 0 Å². The number of aromatic nitrogens is 6. The highest BCUT2D eigenvalue weighted by Crippen LogP contribution is 2.08. The zero-order chi connectivity index (χ0) is 47.0. The first-order valence-electron chi connectivity index (χ1n) is 17.0. The fraction of sp³-hybridized carbons (Fsp3) is 0.289. The lowest BCUT2D eigenvalue weighted by Gasteiger charge is -2.14. The maximum Gasteiger partial charge on any atom is 0.328 e. The van der Waals surface area contributed by atoms with Gasteiger partial charge in [0, 0.05) is 63.5 Å². The summed E-state index contributed by atoms with van der Waals surface area (Å²) in [5, 5.41) is 20.1. The van der Waals surface area contributed by atoms with Crippen LogP contribution in [-0.2, 0) is 67.6 Å². The predicted molar refractivity (Wildman–Crippen MR) is 260 cm³/mol. The van der Waals surface area contributed by atoms with Crippen molar-refractivity contribution in [3.05, 3.63) is 122 Å². The summed E-state index contributed by atoms with van der Waals surface area (Å²) < 4.78 is 38.6. The number of aliphatic carboxylic acids is 1. The van der Waals surface area contributed by atoms with E-state index < -0.39 is 63.2 Å². The van der Waals surface area contributed by atoms with Crippen LogP contribution < -0.4 is 16.4 Å². The second-order valence-corrected chi connectivity index (χ2v) is 13.0. The van der Waals surface area contributed by atoms with Gasteiger partial charge in [-0.25, -0.2) is 24.5 Å². The molecule has 4 rings (SSSR count). The van der Waals surface area contributed by atoms with Crippen molar-refractivity contribution < 1.29 is 62.9 Å². The van der Waals surface area contributed by atoms with Gasteiger partial charge in [-0.3, -0.25) is 23.7 Å². The molecule has 4 aromatic rings. The van der Waals surface area contributed by atoms with Crippen LogP contribution in [-0.4, -0.2) is 128 Å². The molecule has 22 nitrogen and oxygen atoms in total. The van der Waals surface area contributed by atoms with Gasteiger partial charge in [0.15, 0.2) is 0 Å². The summed E-state index contributed by atoms with van der Waals surface area (Å²) in [6, 6.07) is 3.66. The number of nitrogens with zero attached hydrogens (tertiary/aromatic N) is 3. The first kappa shape index (κ1) is 71.2. The van der Waals surface area contributed by atoms with Crippen LogP contribution >= 0.6 is 60.4 Å². The van der Waals surface area contributed by atoms with Crippen LogP contribution in [0.4, 0.5) is 0 Å². The van der Waals surface area contributed by atoms with Gasteiger partial charge >= 0.3 is 17.9 Å². The van der Waals surface area contributed by atoms with Crippen molar-refractivity contribution in [2.75, 3.05) is 21.3 Å². The van der Waals surface area contributed by atoms with E-state index in [0.29, 0.717) is 18.5 Å². The number of nitrogens with one attached hydrogen (secondary N) is 5. The second-order valence-electron chi connectivity index (χ2n) is 11.2. The molecule has 0 saturated heterocycles. The highest BCUT2D eigenvalue weighted by Gasteiger charge is 2.22. The molecule has 2 amide bonds. The molecule has 0 spiro atoms. The van der Waals surface area contributed by atoms with E-state index in [9.17, 15) is 37.2 Å². The smallest absolute Gasteiger partial charge is 0.328 e. The number of hydrogen-bond acceptors (Lipinski definition) is 15. The van der Waals surface area contributed by atoms with E-state index in [4.69, 9.17) is 32.1 Å². The SMILES string of the molecule is C.C=CC(=O)Cl.C=CC(=O)N[C@@H](Cc1cnc[nH]1)C(=O)O.C=CC(=O)N[C@@H](Cc1cnc[nH]1)C(=O)OC.CO.COC(=O)[C@@H](N)Cc1cnc[nH]1.Cc1ccc(S(=O)(=O)O)cc1.Cl.Cl.I.[HH]. The molecule has 1 aromatic carbocycles. The summed E-state index contributed by atoms with van der Waals surface area (Å²) in [7, 11) is -0.439. The molecule has 0 bridgehead atoms. The van der Waals surface area contributed by atoms with Gasteiger partial charge in [-0.2, -0.15) is 8.42 Å². The van der Waals surface area contributed by atoms with Gasteiger partial charge < -0.3 is 51.0 Å². The van der Waals surface area contributed by atoms with Gasteiger partial charge in [0.25, 0.3) is 10.1 Å². The fourth-order valence-corrected chi connectivity index (χ4v) is 4.29. The number of carbonyl (C=O) groups is 6. The number of aliphatic hydroxyl groups excluding tert-OH is 1. The van der Waals surface area contributed by atoms with Gasteiger partial charge in [-0.15, -0.1) is 48.8 Å². The molecule has 0 saturated carbocycles. The van der Waals surface area contributed by atoms with Gasteiger partial charge in [0.05, 0.1) is 38.1 Å². The molecule has 3 aromatic heterocycles. The summed E-state index contributed by atoms with van der Waals surface area (Å²) in [5.74, 6) is -2.95. The third-order valence-corrected chi connectivity index (χ3v) is 7.75.